The molecule has 4 fully saturated rings. The van der Waals surface area contributed by atoms with E-state index >= 15 is 0 Å². The Morgan fingerprint density at radius 3 is 2.32 bits per heavy atom. The lowest BCUT2D eigenvalue weighted by Crippen LogP contribution is -2.63. The Labute approximate surface area is 133 Å². The molecule has 0 radical (unpaired) electrons. The molecule has 4 heterocycles. The molecule has 0 aliphatic carbocycles. The number of guanidine groups is 1. The lowest BCUT2D eigenvalue weighted by atomic mass is 10.1. The SMILES string of the molecule is CN=C(NCC1CN2CCN1CC2)N1CCCC1.I. The van der Waals surface area contributed by atoms with Crippen molar-refractivity contribution in [2.75, 3.05) is 59.4 Å². The molecule has 19 heavy (non-hydrogen) atoms. The molecule has 1 atom stereocenters. The maximum absolute atomic E-state index is 4.42. The van der Waals surface area contributed by atoms with E-state index in [1.54, 1.807) is 0 Å². The molecule has 1 unspecified atom stereocenters. The van der Waals surface area contributed by atoms with E-state index in [1.807, 2.05) is 7.05 Å². The van der Waals surface area contributed by atoms with E-state index in [1.165, 1.54) is 58.7 Å². The third-order valence-corrected chi connectivity index (χ3v) is 4.51. The number of nitrogens with one attached hydrogen (secondary N) is 1. The predicted octanol–water partition coefficient (Wildman–Crippen LogP) is 0.275. The van der Waals surface area contributed by atoms with E-state index in [-0.39, 0.29) is 24.0 Å². The fourth-order valence-electron chi connectivity index (χ4n) is 3.39. The topological polar surface area (TPSA) is 34.1 Å². The van der Waals surface area contributed by atoms with Crippen LogP contribution in [0.4, 0.5) is 0 Å². The zero-order valence-electron chi connectivity index (χ0n) is 11.8. The monoisotopic (exact) mass is 379 g/mol. The number of hydrogen-bond acceptors (Lipinski definition) is 3. The molecular formula is C13H26IN5. The van der Waals surface area contributed by atoms with Gasteiger partial charge in [-0.25, -0.2) is 0 Å². The number of aliphatic imine (C=N–C) groups is 1. The number of nitrogens with zero attached hydrogens (tertiary/aromatic N) is 4. The van der Waals surface area contributed by atoms with Crippen molar-refractivity contribution in [3.05, 3.63) is 0 Å². The molecule has 2 bridgehead atoms. The molecule has 110 valence electrons. The first kappa shape index (κ1) is 15.3. The molecule has 0 spiro atoms. The Hall–Kier alpha value is -0.0800. The largest absolute Gasteiger partial charge is 0.355 e. The third-order valence-electron chi connectivity index (χ3n) is 4.51. The van der Waals surface area contributed by atoms with Gasteiger partial charge in [0.2, 0.25) is 0 Å². The van der Waals surface area contributed by atoms with Gasteiger partial charge in [0.1, 0.15) is 0 Å². The second-order valence-electron chi connectivity index (χ2n) is 5.61. The summed E-state index contributed by atoms with van der Waals surface area (Å²) in [5.74, 6) is 1.10. The Kier molecular flexibility index (Phi) is 5.70. The summed E-state index contributed by atoms with van der Waals surface area (Å²) in [6, 6.07) is 0.673. The summed E-state index contributed by atoms with van der Waals surface area (Å²) < 4.78 is 0. The summed E-state index contributed by atoms with van der Waals surface area (Å²) in [5.41, 5.74) is 0. The van der Waals surface area contributed by atoms with Crippen molar-refractivity contribution in [2.45, 2.75) is 18.9 Å². The summed E-state index contributed by atoms with van der Waals surface area (Å²) in [6.07, 6.45) is 2.62. The molecule has 4 saturated heterocycles. The minimum absolute atomic E-state index is 0. The molecule has 5 nitrogen and oxygen atoms in total. The van der Waals surface area contributed by atoms with Gasteiger partial charge in [-0.05, 0) is 12.8 Å². The summed E-state index contributed by atoms with van der Waals surface area (Å²) in [6.45, 7) is 9.61. The fraction of sp³-hybridized carbons (Fsp3) is 0.923. The van der Waals surface area contributed by atoms with Crippen LogP contribution in [-0.4, -0.2) is 86.1 Å². The summed E-state index contributed by atoms with van der Waals surface area (Å²) >= 11 is 0. The van der Waals surface area contributed by atoms with Crippen LogP contribution in [-0.2, 0) is 0 Å². The zero-order valence-corrected chi connectivity index (χ0v) is 14.2. The smallest absolute Gasteiger partial charge is 0.193 e. The highest BCUT2D eigenvalue weighted by Crippen LogP contribution is 2.15. The standard InChI is InChI=1S/C13H25N5.HI/c1-14-13(18-4-2-3-5-18)15-10-12-11-16-6-8-17(12)9-7-16;/h12H,2-11H2,1H3,(H,14,15);1H. The van der Waals surface area contributed by atoms with Crippen molar-refractivity contribution in [1.82, 2.24) is 20.0 Å². The summed E-state index contributed by atoms with van der Waals surface area (Å²) in [4.78, 5) is 12.0. The van der Waals surface area contributed by atoms with Crippen LogP contribution in [0.15, 0.2) is 4.99 Å². The van der Waals surface area contributed by atoms with E-state index in [2.05, 4.69) is 25.0 Å². The second kappa shape index (κ2) is 7.08. The van der Waals surface area contributed by atoms with Crippen molar-refractivity contribution in [2.24, 2.45) is 4.99 Å². The first-order chi connectivity index (χ1) is 8.86. The number of piperazine rings is 3. The fourth-order valence-corrected chi connectivity index (χ4v) is 3.39. The summed E-state index contributed by atoms with van der Waals surface area (Å²) in [5, 5.41) is 3.57. The van der Waals surface area contributed by atoms with Gasteiger partial charge in [-0.2, -0.15) is 0 Å². The van der Waals surface area contributed by atoms with Gasteiger partial charge in [-0.15, -0.1) is 24.0 Å². The van der Waals surface area contributed by atoms with Crippen LogP contribution in [0.3, 0.4) is 0 Å². The normalized spacial score (nSPS) is 34.3. The van der Waals surface area contributed by atoms with Crippen LogP contribution in [0.1, 0.15) is 12.8 Å². The molecule has 1 N–H and O–H groups in total. The highest BCUT2D eigenvalue weighted by molar-refractivity contribution is 14.0. The van der Waals surface area contributed by atoms with Gasteiger partial charge in [0.25, 0.3) is 0 Å². The molecular weight excluding hydrogens is 353 g/mol. The van der Waals surface area contributed by atoms with Crippen LogP contribution < -0.4 is 5.32 Å². The van der Waals surface area contributed by atoms with Gasteiger partial charge in [-0.3, -0.25) is 14.8 Å². The van der Waals surface area contributed by atoms with Crippen molar-refractivity contribution in [3.8, 4) is 0 Å². The van der Waals surface area contributed by atoms with Crippen LogP contribution in [0.5, 0.6) is 0 Å². The maximum atomic E-state index is 4.42. The van der Waals surface area contributed by atoms with Crippen LogP contribution in [0.25, 0.3) is 0 Å². The molecule has 4 aliphatic rings. The number of likely N-dealkylation sites (tertiary alicyclic amines) is 1. The van der Waals surface area contributed by atoms with Gasteiger partial charge in [0, 0.05) is 65.4 Å². The highest BCUT2D eigenvalue weighted by Gasteiger charge is 2.31. The zero-order chi connectivity index (χ0) is 12.4. The number of fused-ring (bicyclic) bond motifs is 3. The highest BCUT2D eigenvalue weighted by atomic mass is 127. The summed E-state index contributed by atoms with van der Waals surface area (Å²) in [7, 11) is 1.90. The van der Waals surface area contributed by atoms with Crippen molar-refractivity contribution in [3.63, 3.8) is 0 Å². The van der Waals surface area contributed by atoms with Crippen molar-refractivity contribution >= 4 is 29.9 Å². The molecule has 0 saturated carbocycles. The van der Waals surface area contributed by atoms with Crippen molar-refractivity contribution in [1.29, 1.82) is 0 Å². The third kappa shape index (κ3) is 3.52. The average molecular weight is 379 g/mol. The average Bonchev–Trinajstić information content (AvgIpc) is 2.95. The number of halogens is 1. The van der Waals surface area contributed by atoms with Gasteiger partial charge in [-0.1, -0.05) is 0 Å². The first-order valence-corrected chi connectivity index (χ1v) is 7.29. The van der Waals surface area contributed by atoms with E-state index < -0.39 is 0 Å². The Morgan fingerprint density at radius 1 is 1.11 bits per heavy atom. The van der Waals surface area contributed by atoms with Gasteiger partial charge in [0.15, 0.2) is 5.96 Å². The number of rotatable bonds is 2. The van der Waals surface area contributed by atoms with E-state index in [0.717, 1.165) is 12.5 Å². The van der Waals surface area contributed by atoms with E-state index in [4.69, 9.17) is 0 Å². The lowest BCUT2D eigenvalue weighted by Gasteiger charge is -2.47. The van der Waals surface area contributed by atoms with E-state index in [9.17, 15) is 0 Å². The quantitative estimate of drug-likeness (QED) is 0.425. The molecule has 0 aromatic heterocycles. The van der Waals surface area contributed by atoms with Gasteiger partial charge in [0.05, 0.1) is 0 Å². The molecule has 0 aromatic carbocycles. The van der Waals surface area contributed by atoms with Crippen LogP contribution in [0.2, 0.25) is 0 Å². The molecule has 6 heteroatoms. The maximum Gasteiger partial charge on any atom is 0.193 e. The molecule has 4 rings (SSSR count). The second-order valence-corrected chi connectivity index (χ2v) is 5.61. The Morgan fingerprint density at radius 2 is 1.79 bits per heavy atom. The predicted molar refractivity (Wildman–Crippen MR) is 89.4 cm³/mol. The van der Waals surface area contributed by atoms with Crippen LogP contribution in [0, 0.1) is 0 Å². The minimum Gasteiger partial charge on any atom is -0.355 e. The van der Waals surface area contributed by atoms with Gasteiger partial charge < -0.3 is 10.2 Å². The number of hydrogen-bond donors (Lipinski definition) is 1. The molecule has 4 aliphatic heterocycles. The molecule has 0 amide bonds. The Balaban J connectivity index is 0.00000133. The lowest BCUT2D eigenvalue weighted by molar-refractivity contribution is 0.0152. The molecule has 0 aromatic rings. The van der Waals surface area contributed by atoms with Crippen LogP contribution >= 0.6 is 24.0 Å². The minimum atomic E-state index is 0. The van der Waals surface area contributed by atoms with Crippen molar-refractivity contribution < 1.29 is 0 Å². The van der Waals surface area contributed by atoms with E-state index in [0.29, 0.717) is 6.04 Å². The Bertz CT molecular complexity index is 308. The first-order valence-electron chi connectivity index (χ1n) is 7.29. The van der Waals surface area contributed by atoms with Gasteiger partial charge >= 0.3 is 0 Å².